The predicted molar refractivity (Wildman–Crippen MR) is 259 cm³/mol. The summed E-state index contributed by atoms with van der Waals surface area (Å²) >= 11 is 0. The molecule has 0 bridgehead atoms. The van der Waals surface area contributed by atoms with Crippen LogP contribution in [0.15, 0.2) is 24.3 Å². The molecule has 3 atom stereocenters. The molecule has 0 aromatic rings. The fourth-order valence-electron chi connectivity index (χ4n) is 8.42. The smallest absolute Gasteiger partial charge is 0.220 e. The van der Waals surface area contributed by atoms with E-state index in [4.69, 9.17) is 0 Å². The Hall–Kier alpha value is -1.17. The summed E-state index contributed by atoms with van der Waals surface area (Å²) in [6.45, 7) is 4.18. The van der Waals surface area contributed by atoms with Crippen molar-refractivity contribution in [3.8, 4) is 0 Å². The van der Waals surface area contributed by atoms with E-state index in [0.29, 0.717) is 12.8 Å². The first-order chi connectivity index (χ1) is 29.1. The first-order valence-electron chi connectivity index (χ1n) is 26.6. The molecular formula is C54H105NO4. The van der Waals surface area contributed by atoms with Crippen LogP contribution in [0.4, 0.5) is 0 Å². The van der Waals surface area contributed by atoms with Crippen molar-refractivity contribution in [2.45, 2.75) is 308 Å². The molecule has 59 heavy (non-hydrogen) atoms. The van der Waals surface area contributed by atoms with Gasteiger partial charge in [-0.3, -0.25) is 4.79 Å². The fourth-order valence-corrected chi connectivity index (χ4v) is 8.42. The van der Waals surface area contributed by atoms with Gasteiger partial charge in [0.1, 0.15) is 6.10 Å². The zero-order valence-corrected chi connectivity index (χ0v) is 39.9. The van der Waals surface area contributed by atoms with Gasteiger partial charge in [-0.25, -0.2) is 0 Å². The van der Waals surface area contributed by atoms with Crippen molar-refractivity contribution in [1.82, 2.24) is 5.32 Å². The molecule has 0 aromatic carbocycles. The molecule has 4 N–H and O–H groups in total. The van der Waals surface area contributed by atoms with Gasteiger partial charge < -0.3 is 20.6 Å². The van der Waals surface area contributed by atoms with Crippen molar-refractivity contribution in [3.05, 3.63) is 24.3 Å². The lowest BCUT2D eigenvalue weighted by Gasteiger charge is -2.26. The highest BCUT2D eigenvalue weighted by molar-refractivity contribution is 5.76. The molecule has 0 aliphatic carbocycles. The van der Waals surface area contributed by atoms with E-state index in [9.17, 15) is 20.1 Å². The maximum atomic E-state index is 12.5. The van der Waals surface area contributed by atoms with Crippen molar-refractivity contribution in [2.75, 3.05) is 6.61 Å². The normalized spacial score (nSPS) is 13.5. The lowest BCUT2D eigenvalue weighted by Crippen LogP contribution is -2.50. The molecule has 0 saturated heterocycles. The van der Waals surface area contributed by atoms with E-state index in [1.54, 1.807) is 0 Å². The molecular weight excluding hydrogens is 727 g/mol. The molecule has 0 heterocycles. The van der Waals surface area contributed by atoms with Gasteiger partial charge in [-0.05, 0) is 51.4 Å². The summed E-state index contributed by atoms with van der Waals surface area (Å²) < 4.78 is 0. The minimum absolute atomic E-state index is 0.153. The summed E-state index contributed by atoms with van der Waals surface area (Å²) in [6.07, 6.45) is 61.9. The monoisotopic (exact) mass is 832 g/mol. The van der Waals surface area contributed by atoms with Crippen molar-refractivity contribution < 1.29 is 20.1 Å². The van der Waals surface area contributed by atoms with Gasteiger partial charge in [0.15, 0.2) is 0 Å². The minimum Gasteiger partial charge on any atom is -0.394 e. The minimum atomic E-state index is -1.16. The second kappa shape index (κ2) is 49.5. The number of unbranched alkanes of at least 4 members (excludes halogenated alkanes) is 37. The standard InChI is InChI=1S/C54H105NO4/c1-3-5-7-9-11-13-15-17-19-20-21-22-23-24-25-26-27-28-29-30-31-32-33-35-37-39-41-43-45-47-49-53(58)55-51(50-56)54(59)52(57)48-46-44-42-40-38-36-34-18-16-14-12-10-8-6-4-2/h18,34,40,42,51-52,54,56-57,59H,3-17,19-33,35-39,41,43-50H2,1-2H3,(H,55,58)/b34-18+,42-40+. The Morgan fingerprint density at radius 3 is 1.03 bits per heavy atom. The summed E-state index contributed by atoms with van der Waals surface area (Å²) in [7, 11) is 0. The highest BCUT2D eigenvalue weighted by Gasteiger charge is 2.26. The van der Waals surface area contributed by atoms with Crippen molar-refractivity contribution in [1.29, 1.82) is 0 Å². The number of allylic oxidation sites excluding steroid dienone is 4. The van der Waals surface area contributed by atoms with Crippen molar-refractivity contribution >= 4 is 5.91 Å². The fraction of sp³-hybridized carbons (Fsp3) is 0.907. The molecule has 0 fully saturated rings. The van der Waals surface area contributed by atoms with Gasteiger partial charge in [0.25, 0.3) is 0 Å². The molecule has 350 valence electrons. The third kappa shape index (κ3) is 44.7. The first-order valence-corrected chi connectivity index (χ1v) is 26.6. The SMILES string of the molecule is CCCCCCCC/C=C/CC/C=C/CCCC(O)C(O)C(CO)NC(=O)CCCCCCCCCCCCCCCCCCCCCCCCCCCCCCCC. The van der Waals surface area contributed by atoms with E-state index in [1.807, 2.05) is 0 Å². The maximum Gasteiger partial charge on any atom is 0.220 e. The summed E-state index contributed by atoms with van der Waals surface area (Å²) in [4.78, 5) is 12.5. The number of nitrogens with one attached hydrogen (secondary N) is 1. The molecule has 0 aliphatic heterocycles. The van der Waals surface area contributed by atoms with Crippen LogP contribution in [0.2, 0.25) is 0 Å². The number of carbonyl (C=O) groups excluding carboxylic acids is 1. The largest absolute Gasteiger partial charge is 0.394 e. The lowest BCUT2D eigenvalue weighted by atomic mass is 10.0. The van der Waals surface area contributed by atoms with Gasteiger partial charge in [-0.1, -0.05) is 256 Å². The molecule has 0 rings (SSSR count). The van der Waals surface area contributed by atoms with E-state index in [-0.39, 0.29) is 12.5 Å². The maximum absolute atomic E-state index is 12.5. The van der Waals surface area contributed by atoms with Crippen molar-refractivity contribution in [2.24, 2.45) is 0 Å². The Bertz CT molecular complexity index is 874. The van der Waals surface area contributed by atoms with Gasteiger partial charge >= 0.3 is 0 Å². The molecule has 3 unspecified atom stereocenters. The Balaban J connectivity index is 3.51. The molecule has 5 heteroatoms. The Kier molecular flexibility index (Phi) is 48.5. The number of rotatable bonds is 49. The van der Waals surface area contributed by atoms with Crippen LogP contribution in [-0.4, -0.2) is 46.1 Å². The van der Waals surface area contributed by atoms with E-state index in [1.165, 1.54) is 218 Å². The Morgan fingerprint density at radius 1 is 0.407 bits per heavy atom. The van der Waals surface area contributed by atoms with E-state index in [2.05, 4.69) is 43.5 Å². The number of hydrogen-bond acceptors (Lipinski definition) is 4. The Morgan fingerprint density at radius 2 is 0.695 bits per heavy atom. The van der Waals surface area contributed by atoms with Gasteiger partial charge in [0.2, 0.25) is 5.91 Å². The summed E-state index contributed by atoms with van der Waals surface area (Å²) in [5, 5.41) is 33.6. The molecule has 5 nitrogen and oxygen atoms in total. The number of aliphatic hydroxyl groups is 3. The molecule has 0 aliphatic rings. The number of hydrogen-bond donors (Lipinski definition) is 4. The number of amides is 1. The zero-order valence-electron chi connectivity index (χ0n) is 39.9. The van der Waals surface area contributed by atoms with Crippen LogP contribution in [-0.2, 0) is 4.79 Å². The highest BCUT2D eigenvalue weighted by atomic mass is 16.3. The van der Waals surface area contributed by atoms with Crippen molar-refractivity contribution in [3.63, 3.8) is 0 Å². The van der Waals surface area contributed by atoms with Crippen LogP contribution in [0.25, 0.3) is 0 Å². The highest BCUT2D eigenvalue weighted by Crippen LogP contribution is 2.17. The summed E-state index contributed by atoms with van der Waals surface area (Å²) in [5.41, 5.74) is 0. The van der Waals surface area contributed by atoms with Gasteiger partial charge in [0, 0.05) is 6.42 Å². The number of aliphatic hydroxyl groups excluding tert-OH is 3. The third-order valence-corrected chi connectivity index (χ3v) is 12.5. The average Bonchev–Trinajstić information content (AvgIpc) is 3.24. The second-order valence-corrected chi connectivity index (χ2v) is 18.4. The van der Waals surface area contributed by atoms with Crippen LogP contribution >= 0.6 is 0 Å². The topological polar surface area (TPSA) is 89.8 Å². The zero-order chi connectivity index (χ0) is 43.0. The summed E-state index contributed by atoms with van der Waals surface area (Å²) in [5.74, 6) is -0.153. The molecule has 0 aromatic heterocycles. The summed E-state index contributed by atoms with van der Waals surface area (Å²) in [6, 6.07) is -0.829. The second-order valence-electron chi connectivity index (χ2n) is 18.4. The average molecular weight is 832 g/mol. The quantitative estimate of drug-likeness (QED) is 0.0363. The first kappa shape index (κ1) is 57.8. The van der Waals surface area contributed by atoms with E-state index < -0.39 is 18.2 Å². The Labute approximate surface area is 369 Å². The van der Waals surface area contributed by atoms with Crippen LogP contribution < -0.4 is 5.32 Å². The van der Waals surface area contributed by atoms with Crippen LogP contribution in [0.5, 0.6) is 0 Å². The molecule has 1 amide bonds. The van der Waals surface area contributed by atoms with E-state index >= 15 is 0 Å². The molecule has 0 spiro atoms. The lowest BCUT2D eigenvalue weighted by molar-refractivity contribution is -0.124. The predicted octanol–water partition coefficient (Wildman–Crippen LogP) is 16.1. The van der Waals surface area contributed by atoms with Crippen LogP contribution in [0.1, 0.15) is 290 Å². The van der Waals surface area contributed by atoms with E-state index in [0.717, 1.165) is 44.9 Å². The number of carbonyl (C=O) groups is 1. The van der Waals surface area contributed by atoms with Crippen LogP contribution in [0, 0.1) is 0 Å². The van der Waals surface area contributed by atoms with Gasteiger partial charge in [-0.2, -0.15) is 0 Å². The van der Waals surface area contributed by atoms with Gasteiger partial charge in [-0.15, -0.1) is 0 Å². The molecule has 0 radical (unpaired) electrons. The third-order valence-electron chi connectivity index (χ3n) is 12.5. The van der Waals surface area contributed by atoms with Gasteiger partial charge in [0.05, 0.1) is 18.8 Å². The van der Waals surface area contributed by atoms with Crippen LogP contribution in [0.3, 0.4) is 0 Å². The molecule has 0 saturated carbocycles.